The van der Waals surface area contributed by atoms with E-state index in [1.54, 1.807) is 17.6 Å². The summed E-state index contributed by atoms with van der Waals surface area (Å²) in [5.41, 5.74) is 3.80. The normalized spacial score (nSPS) is 11.3. The summed E-state index contributed by atoms with van der Waals surface area (Å²) in [6.45, 7) is 6.76. The van der Waals surface area contributed by atoms with E-state index in [0.29, 0.717) is 10.9 Å². The third-order valence-electron chi connectivity index (χ3n) is 5.04. The van der Waals surface area contributed by atoms with Crippen LogP contribution in [0.3, 0.4) is 0 Å². The largest absolute Gasteiger partial charge is 0.469 e. The summed E-state index contributed by atoms with van der Waals surface area (Å²) in [5, 5.41) is 11.3. The SMILES string of the molecule is Cc1occc1-c1nnc(SCC(=O)c2cc(C)n(Cc3cccs3)c2C)n1C. The molecule has 0 aromatic carbocycles. The minimum Gasteiger partial charge on any atom is -0.469 e. The van der Waals surface area contributed by atoms with Gasteiger partial charge in [-0.3, -0.25) is 4.79 Å². The summed E-state index contributed by atoms with van der Waals surface area (Å²) in [6, 6.07) is 8.04. The number of thiophene rings is 1. The van der Waals surface area contributed by atoms with Crippen LogP contribution < -0.4 is 0 Å². The zero-order valence-electron chi connectivity index (χ0n) is 16.8. The summed E-state index contributed by atoms with van der Waals surface area (Å²) in [7, 11) is 1.90. The van der Waals surface area contributed by atoms with Gasteiger partial charge in [0.1, 0.15) is 5.76 Å². The first-order valence-corrected chi connectivity index (χ1v) is 11.1. The molecule has 0 atom stereocenters. The number of hydrogen-bond donors (Lipinski definition) is 0. The zero-order valence-corrected chi connectivity index (χ0v) is 18.4. The molecule has 0 aliphatic rings. The fourth-order valence-corrected chi connectivity index (χ4v) is 4.87. The molecule has 6 nitrogen and oxygen atoms in total. The highest BCUT2D eigenvalue weighted by Crippen LogP contribution is 2.27. The van der Waals surface area contributed by atoms with Crippen molar-refractivity contribution >= 4 is 28.9 Å². The first-order chi connectivity index (χ1) is 14.0. The number of nitrogens with zero attached hydrogens (tertiary/aromatic N) is 4. The van der Waals surface area contributed by atoms with Gasteiger partial charge in [-0.15, -0.1) is 21.5 Å². The Kier molecular flexibility index (Phi) is 5.47. The Bertz CT molecular complexity index is 1150. The number of hydrogen-bond acceptors (Lipinski definition) is 6. The molecule has 0 amide bonds. The lowest BCUT2D eigenvalue weighted by atomic mass is 10.2. The highest BCUT2D eigenvalue weighted by molar-refractivity contribution is 7.99. The molecule has 0 N–H and O–H groups in total. The number of Topliss-reactive ketones (excluding diaryl/α,β-unsaturated/α-hetero) is 1. The first-order valence-electron chi connectivity index (χ1n) is 9.24. The number of thioether (sulfide) groups is 1. The summed E-state index contributed by atoms with van der Waals surface area (Å²) < 4.78 is 9.46. The van der Waals surface area contributed by atoms with Crippen molar-refractivity contribution in [2.45, 2.75) is 32.5 Å². The van der Waals surface area contributed by atoms with E-state index in [9.17, 15) is 4.79 Å². The number of ketones is 1. The van der Waals surface area contributed by atoms with Crippen LogP contribution in [0.5, 0.6) is 0 Å². The lowest BCUT2D eigenvalue weighted by Gasteiger charge is -2.08. The van der Waals surface area contributed by atoms with Gasteiger partial charge in [0.25, 0.3) is 0 Å². The van der Waals surface area contributed by atoms with Crippen LogP contribution in [0.15, 0.2) is 45.5 Å². The maximum atomic E-state index is 12.9. The zero-order chi connectivity index (χ0) is 20.5. The van der Waals surface area contributed by atoms with Crippen molar-refractivity contribution in [3.8, 4) is 11.4 Å². The highest BCUT2D eigenvalue weighted by Gasteiger charge is 2.19. The third kappa shape index (κ3) is 3.82. The molecule has 0 aliphatic heterocycles. The van der Waals surface area contributed by atoms with Crippen LogP contribution in [0.2, 0.25) is 0 Å². The second kappa shape index (κ2) is 8.04. The summed E-state index contributed by atoms with van der Waals surface area (Å²) in [4.78, 5) is 14.2. The molecule has 0 unspecified atom stereocenters. The van der Waals surface area contributed by atoms with Gasteiger partial charge in [0.15, 0.2) is 16.8 Å². The summed E-state index contributed by atoms with van der Waals surface area (Å²) >= 11 is 3.13. The number of carbonyl (C=O) groups excluding carboxylic acids is 1. The predicted molar refractivity (Wildman–Crippen MR) is 116 cm³/mol. The van der Waals surface area contributed by atoms with Crippen molar-refractivity contribution in [3.63, 3.8) is 0 Å². The Labute approximate surface area is 177 Å². The van der Waals surface area contributed by atoms with Gasteiger partial charge in [-0.1, -0.05) is 17.8 Å². The first kappa shape index (κ1) is 19.7. The lowest BCUT2D eigenvalue weighted by molar-refractivity contribution is 0.102. The van der Waals surface area contributed by atoms with Crippen molar-refractivity contribution in [2.24, 2.45) is 7.05 Å². The molecule has 0 fully saturated rings. The number of furan rings is 1. The second-order valence-corrected chi connectivity index (χ2v) is 8.89. The van der Waals surface area contributed by atoms with Crippen LogP contribution in [0.4, 0.5) is 0 Å². The van der Waals surface area contributed by atoms with Crippen LogP contribution in [0, 0.1) is 20.8 Å². The van der Waals surface area contributed by atoms with E-state index in [4.69, 9.17) is 4.42 Å². The molecule has 150 valence electrons. The highest BCUT2D eigenvalue weighted by atomic mass is 32.2. The van der Waals surface area contributed by atoms with Crippen LogP contribution >= 0.6 is 23.1 Å². The van der Waals surface area contributed by atoms with Gasteiger partial charge < -0.3 is 13.6 Å². The van der Waals surface area contributed by atoms with Gasteiger partial charge in [-0.2, -0.15) is 0 Å². The van der Waals surface area contributed by atoms with Gasteiger partial charge in [0.2, 0.25) is 0 Å². The molecule has 4 rings (SSSR count). The van der Waals surface area contributed by atoms with Crippen molar-refractivity contribution in [1.29, 1.82) is 0 Å². The van der Waals surface area contributed by atoms with Gasteiger partial charge in [0, 0.05) is 28.9 Å². The van der Waals surface area contributed by atoms with Crippen molar-refractivity contribution < 1.29 is 9.21 Å². The molecule has 0 radical (unpaired) electrons. The average Bonchev–Trinajstić information content (AvgIpc) is 3.47. The molecule has 4 aromatic rings. The average molecular weight is 427 g/mol. The molecule has 0 aliphatic carbocycles. The molecule has 4 heterocycles. The Morgan fingerprint density at radius 3 is 2.76 bits per heavy atom. The number of aryl methyl sites for hydroxylation is 2. The van der Waals surface area contributed by atoms with E-state index in [2.05, 4.69) is 32.3 Å². The smallest absolute Gasteiger partial charge is 0.191 e. The van der Waals surface area contributed by atoms with E-state index < -0.39 is 0 Å². The third-order valence-corrected chi connectivity index (χ3v) is 6.92. The molecular formula is C21H22N4O2S2. The number of carbonyl (C=O) groups is 1. The van der Waals surface area contributed by atoms with Crippen LogP contribution in [0.1, 0.15) is 32.4 Å². The molecular weight excluding hydrogens is 404 g/mol. The second-order valence-electron chi connectivity index (χ2n) is 6.92. The Hall–Kier alpha value is -2.58. The molecule has 0 saturated carbocycles. The van der Waals surface area contributed by atoms with Crippen LogP contribution in [-0.4, -0.2) is 30.9 Å². The quantitative estimate of drug-likeness (QED) is 0.311. The van der Waals surface area contributed by atoms with E-state index in [1.807, 2.05) is 44.5 Å². The Morgan fingerprint density at radius 2 is 2.07 bits per heavy atom. The van der Waals surface area contributed by atoms with E-state index in [-0.39, 0.29) is 5.78 Å². The van der Waals surface area contributed by atoms with Crippen LogP contribution in [-0.2, 0) is 13.6 Å². The summed E-state index contributed by atoms with van der Waals surface area (Å²) in [6.07, 6.45) is 1.64. The Balaban J connectivity index is 1.48. The molecule has 0 bridgehead atoms. The standard InChI is InChI=1S/C21H22N4O2S2/c1-13-10-18(14(2)25(13)11-16-6-5-9-28-16)19(26)12-29-21-23-22-20(24(21)4)17-7-8-27-15(17)3/h5-10H,11-12H2,1-4H3. The molecule has 0 spiro atoms. The van der Waals surface area contributed by atoms with Gasteiger partial charge in [-0.25, -0.2) is 0 Å². The van der Waals surface area contributed by atoms with Crippen molar-refractivity contribution in [2.75, 3.05) is 5.75 Å². The number of rotatable bonds is 7. The topological polar surface area (TPSA) is 65.8 Å². The number of aromatic nitrogens is 4. The van der Waals surface area contributed by atoms with E-state index in [0.717, 1.165) is 40.6 Å². The van der Waals surface area contributed by atoms with Crippen molar-refractivity contribution in [3.05, 3.63) is 63.5 Å². The lowest BCUT2D eigenvalue weighted by Crippen LogP contribution is -2.07. The van der Waals surface area contributed by atoms with Gasteiger partial charge in [0.05, 0.1) is 24.1 Å². The summed E-state index contributed by atoms with van der Waals surface area (Å²) in [5.74, 6) is 1.95. The maximum absolute atomic E-state index is 12.9. The molecule has 29 heavy (non-hydrogen) atoms. The minimum absolute atomic E-state index is 0.101. The maximum Gasteiger partial charge on any atom is 0.191 e. The van der Waals surface area contributed by atoms with E-state index in [1.165, 1.54) is 16.6 Å². The van der Waals surface area contributed by atoms with Gasteiger partial charge >= 0.3 is 0 Å². The predicted octanol–water partition coefficient (Wildman–Crippen LogP) is 4.89. The molecule has 4 aromatic heterocycles. The van der Waals surface area contributed by atoms with Gasteiger partial charge in [-0.05, 0) is 44.4 Å². The fraction of sp³-hybridized carbons (Fsp3) is 0.286. The van der Waals surface area contributed by atoms with E-state index >= 15 is 0 Å². The minimum atomic E-state index is 0.101. The van der Waals surface area contributed by atoms with Crippen LogP contribution in [0.25, 0.3) is 11.4 Å². The monoisotopic (exact) mass is 426 g/mol. The molecule has 0 saturated heterocycles. The molecule has 8 heteroatoms. The fourth-order valence-electron chi connectivity index (χ4n) is 3.39. The Morgan fingerprint density at radius 1 is 1.24 bits per heavy atom. The van der Waals surface area contributed by atoms with Crippen molar-refractivity contribution in [1.82, 2.24) is 19.3 Å².